The summed E-state index contributed by atoms with van der Waals surface area (Å²) in [6.07, 6.45) is 2.44. The molecule has 1 heterocycles. The Morgan fingerprint density at radius 3 is 2.80 bits per heavy atom. The first-order chi connectivity index (χ1) is 9.72. The van der Waals surface area contributed by atoms with E-state index < -0.39 is 0 Å². The molecule has 20 heavy (non-hydrogen) atoms. The van der Waals surface area contributed by atoms with Gasteiger partial charge in [-0.2, -0.15) is 11.8 Å². The number of rotatable bonds is 6. The van der Waals surface area contributed by atoms with Crippen LogP contribution < -0.4 is 5.32 Å². The summed E-state index contributed by atoms with van der Waals surface area (Å²) >= 11 is 8.09. The number of benzene rings is 1. The van der Waals surface area contributed by atoms with Gasteiger partial charge in [0.05, 0.1) is 0 Å². The molecule has 2 atom stereocenters. The summed E-state index contributed by atoms with van der Waals surface area (Å²) in [6.45, 7) is 5.95. The van der Waals surface area contributed by atoms with E-state index in [1.807, 2.05) is 19.2 Å². The zero-order valence-electron chi connectivity index (χ0n) is 12.4. The molecule has 0 bridgehead atoms. The van der Waals surface area contributed by atoms with E-state index in [2.05, 4.69) is 41.0 Å². The van der Waals surface area contributed by atoms with Crippen LogP contribution >= 0.6 is 23.4 Å². The van der Waals surface area contributed by atoms with E-state index in [4.69, 9.17) is 11.6 Å². The highest BCUT2D eigenvalue weighted by molar-refractivity contribution is 8.00. The molecule has 1 N–H and O–H groups in total. The predicted octanol–water partition coefficient (Wildman–Crippen LogP) is 3.82. The van der Waals surface area contributed by atoms with Crippen molar-refractivity contribution in [1.29, 1.82) is 0 Å². The second kappa shape index (κ2) is 8.28. The van der Waals surface area contributed by atoms with Crippen molar-refractivity contribution < 1.29 is 0 Å². The van der Waals surface area contributed by atoms with Gasteiger partial charge >= 0.3 is 0 Å². The minimum absolute atomic E-state index is 0.418. The highest BCUT2D eigenvalue weighted by Gasteiger charge is 2.19. The molecule has 2 unspecified atom stereocenters. The van der Waals surface area contributed by atoms with Crippen LogP contribution in [0.4, 0.5) is 0 Å². The van der Waals surface area contributed by atoms with E-state index in [1.54, 1.807) is 0 Å². The summed E-state index contributed by atoms with van der Waals surface area (Å²) in [4.78, 5) is 2.62. The number of nitrogens with zero attached hydrogens (tertiary/aromatic N) is 1. The molecule has 0 spiro atoms. The van der Waals surface area contributed by atoms with Crippen molar-refractivity contribution in [3.63, 3.8) is 0 Å². The molecule has 2 nitrogen and oxygen atoms in total. The van der Waals surface area contributed by atoms with Crippen molar-refractivity contribution in [3.05, 3.63) is 34.9 Å². The minimum atomic E-state index is 0.418. The van der Waals surface area contributed by atoms with Crippen LogP contribution in [0.1, 0.15) is 31.4 Å². The first kappa shape index (κ1) is 16.2. The molecule has 0 radical (unpaired) electrons. The van der Waals surface area contributed by atoms with Crippen LogP contribution in [0.3, 0.4) is 0 Å². The Balaban J connectivity index is 1.85. The Bertz CT molecular complexity index is 396. The zero-order valence-corrected chi connectivity index (χ0v) is 14.0. The van der Waals surface area contributed by atoms with E-state index in [1.165, 1.54) is 37.4 Å². The minimum Gasteiger partial charge on any atom is -0.313 e. The third-order valence-electron chi connectivity index (χ3n) is 4.03. The molecule has 2 rings (SSSR count). The molecule has 1 aliphatic heterocycles. The quantitative estimate of drug-likeness (QED) is 0.859. The molecule has 4 heteroatoms. The number of thioether (sulfide) groups is 1. The number of hydrogen-bond acceptors (Lipinski definition) is 3. The smallest absolute Gasteiger partial charge is 0.0406 e. The predicted molar refractivity (Wildman–Crippen MR) is 90.8 cm³/mol. The lowest BCUT2D eigenvalue weighted by Gasteiger charge is -2.32. The van der Waals surface area contributed by atoms with Gasteiger partial charge in [0.25, 0.3) is 0 Å². The van der Waals surface area contributed by atoms with E-state index in [0.29, 0.717) is 6.04 Å². The van der Waals surface area contributed by atoms with Crippen molar-refractivity contribution in [2.45, 2.75) is 31.1 Å². The van der Waals surface area contributed by atoms with Gasteiger partial charge < -0.3 is 10.2 Å². The fraction of sp³-hybridized carbons (Fsp3) is 0.625. The normalized spacial score (nSPS) is 21.9. The third-order valence-corrected chi connectivity index (χ3v) is 5.66. The van der Waals surface area contributed by atoms with Crippen molar-refractivity contribution >= 4 is 23.4 Å². The average molecular weight is 313 g/mol. The monoisotopic (exact) mass is 312 g/mol. The first-order valence-corrected chi connectivity index (χ1v) is 8.92. The molecule has 1 aromatic rings. The van der Waals surface area contributed by atoms with Crippen LogP contribution in [0.5, 0.6) is 0 Å². The maximum absolute atomic E-state index is 5.96. The van der Waals surface area contributed by atoms with Crippen LogP contribution in [0.15, 0.2) is 24.3 Å². The third kappa shape index (κ3) is 4.66. The highest BCUT2D eigenvalue weighted by atomic mass is 35.5. The van der Waals surface area contributed by atoms with Crippen molar-refractivity contribution in [2.24, 2.45) is 0 Å². The van der Waals surface area contributed by atoms with Crippen molar-refractivity contribution in [2.75, 3.05) is 32.4 Å². The maximum atomic E-state index is 5.96. The lowest BCUT2D eigenvalue weighted by molar-refractivity contribution is 0.265. The Kier molecular flexibility index (Phi) is 6.69. The fourth-order valence-electron chi connectivity index (χ4n) is 2.71. The van der Waals surface area contributed by atoms with Gasteiger partial charge in [-0.05, 0) is 37.6 Å². The summed E-state index contributed by atoms with van der Waals surface area (Å²) in [5.74, 6) is 1.28. The second-order valence-corrected chi connectivity index (χ2v) is 7.23. The molecule has 0 amide bonds. The lowest BCUT2D eigenvalue weighted by Crippen LogP contribution is -2.39. The van der Waals surface area contributed by atoms with Gasteiger partial charge in [0.2, 0.25) is 0 Å². The van der Waals surface area contributed by atoms with Crippen LogP contribution in [0, 0.1) is 0 Å². The van der Waals surface area contributed by atoms with Crippen LogP contribution in [-0.4, -0.2) is 42.6 Å². The molecule has 1 saturated heterocycles. The van der Waals surface area contributed by atoms with Crippen LogP contribution in [-0.2, 0) is 0 Å². The molecular formula is C16H25ClN2S. The molecule has 1 aromatic carbocycles. The van der Waals surface area contributed by atoms with E-state index >= 15 is 0 Å². The van der Waals surface area contributed by atoms with E-state index in [-0.39, 0.29) is 0 Å². The Morgan fingerprint density at radius 2 is 2.15 bits per heavy atom. The standard InChI is InChI=1S/C16H25ClN2S/c1-3-15-12-19(10-11-20-15)9-8-16(18-2)13-4-6-14(17)7-5-13/h4-7,15-16,18H,3,8-12H2,1-2H3. The largest absolute Gasteiger partial charge is 0.313 e. The number of hydrogen-bond donors (Lipinski definition) is 1. The van der Waals surface area contributed by atoms with E-state index in [0.717, 1.165) is 16.7 Å². The summed E-state index contributed by atoms with van der Waals surface area (Å²) in [6, 6.07) is 8.63. The molecule has 0 saturated carbocycles. The first-order valence-electron chi connectivity index (χ1n) is 7.49. The Labute approximate surface area is 132 Å². The SMILES string of the molecule is CCC1CN(CCC(NC)c2ccc(Cl)cc2)CCS1. The van der Waals surface area contributed by atoms with Gasteiger partial charge in [-0.25, -0.2) is 0 Å². The summed E-state index contributed by atoms with van der Waals surface area (Å²) < 4.78 is 0. The molecule has 112 valence electrons. The van der Waals surface area contributed by atoms with Crippen molar-refractivity contribution in [3.8, 4) is 0 Å². The Hall–Kier alpha value is -0.220. The van der Waals surface area contributed by atoms with E-state index in [9.17, 15) is 0 Å². The molecule has 0 aromatic heterocycles. The topological polar surface area (TPSA) is 15.3 Å². The van der Waals surface area contributed by atoms with Gasteiger partial charge in [-0.15, -0.1) is 0 Å². The average Bonchev–Trinajstić information content (AvgIpc) is 2.50. The summed E-state index contributed by atoms with van der Waals surface area (Å²) in [5, 5.41) is 5.06. The number of nitrogens with one attached hydrogen (secondary N) is 1. The molecule has 1 aliphatic rings. The molecule has 0 aliphatic carbocycles. The lowest BCUT2D eigenvalue weighted by atomic mass is 10.0. The van der Waals surface area contributed by atoms with Crippen molar-refractivity contribution in [1.82, 2.24) is 10.2 Å². The maximum Gasteiger partial charge on any atom is 0.0406 e. The Morgan fingerprint density at radius 1 is 1.40 bits per heavy atom. The van der Waals surface area contributed by atoms with Crippen LogP contribution in [0.2, 0.25) is 5.02 Å². The van der Waals surface area contributed by atoms with Gasteiger partial charge in [0.1, 0.15) is 0 Å². The molecular weight excluding hydrogens is 288 g/mol. The summed E-state index contributed by atoms with van der Waals surface area (Å²) in [5.41, 5.74) is 1.33. The second-order valence-electron chi connectivity index (χ2n) is 5.38. The van der Waals surface area contributed by atoms with Crippen LogP contribution in [0.25, 0.3) is 0 Å². The fourth-order valence-corrected chi connectivity index (χ4v) is 4.09. The highest BCUT2D eigenvalue weighted by Crippen LogP contribution is 2.23. The molecule has 1 fully saturated rings. The zero-order chi connectivity index (χ0) is 14.4. The summed E-state index contributed by atoms with van der Waals surface area (Å²) in [7, 11) is 2.04. The van der Waals surface area contributed by atoms with Gasteiger partial charge in [-0.3, -0.25) is 0 Å². The van der Waals surface area contributed by atoms with Gasteiger partial charge in [0.15, 0.2) is 0 Å². The van der Waals surface area contributed by atoms with Gasteiger partial charge in [0, 0.05) is 41.7 Å². The number of halogens is 1. The van der Waals surface area contributed by atoms with Gasteiger partial charge in [-0.1, -0.05) is 30.7 Å².